The number of carbonyl (C=O) groups excluding carboxylic acids is 1. The molecule has 1 heterocycles. The van der Waals surface area contributed by atoms with Crippen LogP contribution >= 0.6 is 11.6 Å². The van der Waals surface area contributed by atoms with Gasteiger partial charge in [-0.25, -0.2) is 0 Å². The molecule has 1 fully saturated rings. The Balaban J connectivity index is 1.53. The molecule has 0 N–H and O–H groups in total. The Bertz CT molecular complexity index is 824. The highest BCUT2D eigenvalue weighted by Gasteiger charge is 2.28. The summed E-state index contributed by atoms with van der Waals surface area (Å²) in [6.45, 7) is 4.41. The van der Waals surface area contributed by atoms with E-state index in [1.54, 1.807) is 11.0 Å². The normalized spacial score (nSPS) is 15.8. The molecule has 3 rings (SSSR count). The Hall–Kier alpha value is -2.55. The molecule has 6 heteroatoms. The van der Waals surface area contributed by atoms with Crippen molar-refractivity contribution in [1.29, 1.82) is 5.26 Å². The molecule has 140 valence electrons. The average molecular weight is 384 g/mol. The van der Waals surface area contributed by atoms with Gasteiger partial charge in [0.05, 0.1) is 6.07 Å². The summed E-state index contributed by atoms with van der Waals surface area (Å²) in [5, 5.41) is 10.2. The van der Waals surface area contributed by atoms with E-state index in [1.165, 1.54) is 0 Å². The van der Waals surface area contributed by atoms with Gasteiger partial charge in [0.15, 0.2) is 6.61 Å². The summed E-state index contributed by atoms with van der Waals surface area (Å²) in [6.07, 6.45) is 0. The lowest BCUT2D eigenvalue weighted by Crippen LogP contribution is -2.50. The molecule has 27 heavy (non-hydrogen) atoms. The number of rotatable bonds is 5. The van der Waals surface area contributed by atoms with Crippen LogP contribution in [0.5, 0.6) is 5.75 Å². The van der Waals surface area contributed by atoms with Gasteiger partial charge in [-0.3, -0.25) is 9.69 Å². The van der Waals surface area contributed by atoms with Crippen LogP contribution in [0.2, 0.25) is 5.02 Å². The zero-order valence-electron chi connectivity index (χ0n) is 15.3. The minimum absolute atomic E-state index is 0.0231. The molecular formula is C21H22ClN3O2. The first-order valence-corrected chi connectivity index (χ1v) is 9.31. The highest BCUT2D eigenvalue weighted by Crippen LogP contribution is 2.27. The van der Waals surface area contributed by atoms with Crippen molar-refractivity contribution in [3.63, 3.8) is 0 Å². The maximum Gasteiger partial charge on any atom is 0.260 e. The maximum atomic E-state index is 12.4. The van der Waals surface area contributed by atoms with E-state index in [2.05, 4.69) is 11.0 Å². The van der Waals surface area contributed by atoms with Crippen molar-refractivity contribution in [2.45, 2.75) is 13.0 Å². The molecule has 1 aliphatic rings. The van der Waals surface area contributed by atoms with Crippen molar-refractivity contribution < 1.29 is 9.53 Å². The van der Waals surface area contributed by atoms with E-state index >= 15 is 0 Å². The molecule has 1 unspecified atom stereocenters. The predicted molar refractivity (Wildman–Crippen MR) is 105 cm³/mol. The number of carbonyl (C=O) groups is 1. The third kappa shape index (κ3) is 4.79. The summed E-state index contributed by atoms with van der Waals surface area (Å²) in [7, 11) is 0. The number of piperazine rings is 1. The monoisotopic (exact) mass is 383 g/mol. The van der Waals surface area contributed by atoms with Gasteiger partial charge in [-0.1, -0.05) is 47.5 Å². The van der Waals surface area contributed by atoms with E-state index in [1.807, 2.05) is 49.4 Å². The van der Waals surface area contributed by atoms with Crippen LogP contribution in [0.25, 0.3) is 0 Å². The molecule has 0 aromatic heterocycles. The van der Waals surface area contributed by atoms with Gasteiger partial charge in [-0.2, -0.15) is 5.26 Å². The number of halogens is 1. The Morgan fingerprint density at radius 1 is 1.15 bits per heavy atom. The summed E-state index contributed by atoms with van der Waals surface area (Å²) in [6, 6.07) is 17.0. The van der Waals surface area contributed by atoms with Gasteiger partial charge in [0, 0.05) is 36.8 Å². The smallest absolute Gasteiger partial charge is 0.260 e. The number of amides is 1. The van der Waals surface area contributed by atoms with Gasteiger partial charge in [-0.15, -0.1) is 0 Å². The molecule has 1 saturated heterocycles. The fraction of sp³-hybridized carbons (Fsp3) is 0.333. The van der Waals surface area contributed by atoms with E-state index in [-0.39, 0.29) is 12.5 Å². The maximum absolute atomic E-state index is 12.4. The molecule has 2 aromatic carbocycles. The summed E-state index contributed by atoms with van der Waals surface area (Å²) < 4.78 is 5.58. The molecule has 1 aliphatic heterocycles. The van der Waals surface area contributed by atoms with Crippen LogP contribution in [-0.4, -0.2) is 48.5 Å². The van der Waals surface area contributed by atoms with Crippen LogP contribution < -0.4 is 4.74 Å². The van der Waals surface area contributed by atoms with Crippen molar-refractivity contribution >= 4 is 17.5 Å². The van der Waals surface area contributed by atoms with Gasteiger partial charge in [0.25, 0.3) is 5.91 Å². The molecule has 1 atom stereocenters. The topological polar surface area (TPSA) is 56.6 Å². The highest BCUT2D eigenvalue weighted by molar-refractivity contribution is 6.31. The molecule has 1 amide bonds. The minimum Gasteiger partial charge on any atom is -0.484 e. The SMILES string of the molecule is Cc1ccc(OCC(=O)N2CCN(C(C#N)c3ccccc3Cl)CC2)cc1. The van der Waals surface area contributed by atoms with E-state index in [0.29, 0.717) is 37.0 Å². The number of nitrogens with zero attached hydrogens (tertiary/aromatic N) is 3. The van der Waals surface area contributed by atoms with Crippen molar-refractivity contribution in [1.82, 2.24) is 9.80 Å². The largest absolute Gasteiger partial charge is 0.484 e. The van der Waals surface area contributed by atoms with Crippen LogP contribution in [0, 0.1) is 18.3 Å². The third-order valence-electron chi connectivity index (χ3n) is 4.74. The fourth-order valence-electron chi connectivity index (χ4n) is 3.15. The Labute approximate surface area is 164 Å². The van der Waals surface area contributed by atoms with Gasteiger partial charge < -0.3 is 9.64 Å². The fourth-order valence-corrected chi connectivity index (χ4v) is 3.38. The third-order valence-corrected chi connectivity index (χ3v) is 5.08. The van der Waals surface area contributed by atoms with E-state index < -0.39 is 6.04 Å². The number of nitriles is 1. The second kappa shape index (κ2) is 8.90. The molecular weight excluding hydrogens is 362 g/mol. The van der Waals surface area contributed by atoms with Gasteiger partial charge in [-0.05, 0) is 25.1 Å². The lowest BCUT2D eigenvalue weighted by atomic mass is 10.1. The van der Waals surface area contributed by atoms with Crippen LogP contribution in [0.1, 0.15) is 17.2 Å². The first-order valence-electron chi connectivity index (χ1n) is 8.94. The predicted octanol–water partition coefficient (Wildman–Crippen LogP) is 3.44. The van der Waals surface area contributed by atoms with Crippen LogP contribution in [0.15, 0.2) is 48.5 Å². The summed E-state index contributed by atoms with van der Waals surface area (Å²) in [5.74, 6) is 0.650. The van der Waals surface area contributed by atoms with E-state index in [9.17, 15) is 10.1 Å². The Kier molecular flexibility index (Phi) is 6.33. The number of benzene rings is 2. The number of hydrogen-bond acceptors (Lipinski definition) is 4. The average Bonchev–Trinajstić information content (AvgIpc) is 2.70. The van der Waals surface area contributed by atoms with E-state index in [0.717, 1.165) is 11.1 Å². The van der Waals surface area contributed by atoms with Crippen molar-refractivity contribution in [3.8, 4) is 11.8 Å². The van der Waals surface area contributed by atoms with Gasteiger partial charge in [0.1, 0.15) is 11.8 Å². The van der Waals surface area contributed by atoms with Crippen molar-refractivity contribution in [2.75, 3.05) is 32.8 Å². The second-order valence-electron chi connectivity index (χ2n) is 6.57. The number of aryl methyl sites for hydroxylation is 1. The lowest BCUT2D eigenvalue weighted by Gasteiger charge is -2.37. The number of hydrogen-bond donors (Lipinski definition) is 0. The quantitative estimate of drug-likeness (QED) is 0.793. The summed E-state index contributed by atoms with van der Waals surface area (Å²) in [5.41, 5.74) is 1.96. The van der Waals surface area contributed by atoms with Gasteiger partial charge in [0.2, 0.25) is 0 Å². The first kappa shape index (κ1) is 19.2. The standard InChI is InChI=1S/C21H22ClN3O2/c1-16-6-8-17(9-7-16)27-15-21(26)25-12-10-24(11-13-25)20(14-23)18-4-2-3-5-19(18)22/h2-9,20H,10-13,15H2,1H3. The minimum atomic E-state index is -0.403. The van der Waals surface area contributed by atoms with Crippen molar-refractivity contribution in [2.24, 2.45) is 0 Å². The van der Waals surface area contributed by atoms with Gasteiger partial charge >= 0.3 is 0 Å². The summed E-state index contributed by atoms with van der Waals surface area (Å²) in [4.78, 5) is 16.2. The van der Waals surface area contributed by atoms with Crippen LogP contribution in [0.4, 0.5) is 0 Å². The molecule has 0 radical (unpaired) electrons. The molecule has 5 nitrogen and oxygen atoms in total. The zero-order chi connectivity index (χ0) is 19.2. The number of ether oxygens (including phenoxy) is 1. The summed E-state index contributed by atoms with van der Waals surface area (Å²) >= 11 is 6.25. The molecule has 2 aromatic rings. The van der Waals surface area contributed by atoms with Crippen molar-refractivity contribution in [3.05, 3.63) is 64.7 Å². The van der Waals surface area contributed by atoms with Crippen LogP contribution in [-0.2, 0) is 4.79 Å². The van der Waals surface area contributed by atoms with Crippen LogP contribution in [0.3, 0.4) is 0 Å². The first-order chi connectivity index (χ1) is 13.1. The molecule has 0 spiro atoms. The Morgan fingerprint density at radius 2 is 1.81 bits per heavy atom. The van der Waals surface area contributed by atoms with E-state index in [4.69, 9.17) is 16.3 Å². The molecule has 0 bridgehead atoms. The molecule has 0 saturated carbocycles. The second-order valence-corrected chi connectivity index (χ2v) is 6.98. The highest BCUT2D eigenvalue weighted by atomic mass is 35.5. The Morgan fingerprint density at radius 3 is 2.44 bits per heavy atom. The lowest BCUT2D eigenvalue weighted by molar-refractivity contribution is -0.135. The molecule has 0 aliphatic carbocycles. The zero-order valence-corrected chi connectivity index (χ0v) is 16.0.